The monoisotopic (exact) mass is 283 g/mol. The number of thiazole rings is 1. The van der Waals surface area contributed by atoms with Gasteiger partial charge in [-0.15, -0.1) is 0 Å². The Hall–Kier alpha value is -1.87. The summed E-state index contributed by atoms with van der Waals surface area (Å²) in [5.41, 5.74) is 3.42. The highest BCUT2D eigenvalue weighted by molar-refractivity contribution is 7.16. The van der Waals surface area contributed by atoms with Crippen LogP contribution in [0.25, 0.3) is 21.3 Å². The summed E-state index contributed by atoms with van der Waals surface area (Å²) in [5.74, 6) is 0. The Morgan fingerprint density at radius 3 is 2.60 bits per heavy atom. The van der Waals surface area contributed by atoms with Crippen molar-refractivity contribution in [3.05, 3.63) is 58.2 Å². The van der Waals surface area contributed by atoms with E-state index in [1.807, 2.05) is 22.8 Å². The van der Waals surface area contributed by atoms with Gasteiger partial charge in [-0.25, -0.2) is 0 Å². The van der Waals surface area contributed by atoms with E-state index in [0.717, 1.165) is 29.6 Å². The number of aromatic nitrogens is 1. The number of unbranched alkanes of at least 4 members (excludes halogenated alkanes) is 1. The molecule has 0 aliphatic carbocycles. The quantitative estimate of drug-likeness (QED) is 0.689. The highest BCUT2D eigenvalue weighted by atomic mass is 32.1. The molecule has 3 aromatic rings. The molecule has 0 aliphatic heterocycles. The molecule has 1 heterocycles. The summed E-state index contributed by atoms with van der Waals surface area (Å²) in [4.78, 5) is 12.2. The molecule has 20 heavy (non-hydrogen) atoms. The maximum Gasteiger partial charge on any atom is 0.308 e. The molecule has 0 fully saturated rings. The second-order valence-electron chi connectivity index (χ2n) is 4.92. The van der Waals surface area contributed by atoms with E-state index in [1.54, 1.807) is 0 Å². The Bertz CT molecular complexity index is 771. The summed E-state index contributed by atoms with van der Waals surface area (Å²) in [6, 6.07) is 16.6. The minimum atomic E-state index is 0.152. The van der Waals surface area contributed by atoms with Gasteiger partial charge in [-0.05, 0) is 29.7 Å². The van der Waals surface area contributed by atoms with Crippen molar-refractivity contribution in [3.63, 3.8) is 0 Å². The van der Waals surface area contributed by atoms with Gasteiger partial charge in [0.05, 0.1) is 10.2 Å². The van der Waals surface area contributed by atoms with Crippen LogP contribution in [0.4, 0.5) is 0 Å². The number of fused-ring (bicyclic) bond motifs is 1. The lowest BCUT2D eigenvalue weighted by Crippen LogP contribution is -2.12. The topological polar surface area (TPSA) is 22.0 Å². The molecule has 3 heteroatoms. The van der Waals surface area contributed by atoms with E-state index >= 15 is 0 Å². The minimum absolute atomic E-state index is 0.152. The van der Waals surface area contributed by atoms with Crippen molar-refractivity contribution in [2.75, 3.05) is 0 Å². The first-order valence-corrected chi connectivity index (χ1v) is 7.80. The van der Waals surface area contributed by atoms with Crippen molar-refractivity contribution >= 4 is 21.6 Å². The third kappa shape index (κ3) is 2.41. The molecule has 102 valence electrons. The Morgan fingerprint density at radius 1 is 1.05 bits per heavy atom. The Labute approximate surface area is 122 Å². The predicted molar refractivity (Wildman–Crippen MR) is 86.4 cm³/mol. The number of benzene rings is 2. The van der Waals surface area contributed by atoms with Gasteiger partial charge in [0.25, 0.3) is 0 Å². The summed E-state index contributed by atoms with van der Waals surface area (Å²) in [6.07, 6.45) is 2.15. The number of aryl methyl sites for hydroxylation is 1. The van der Waals surface area contributed by atoms with E-state index in [4.69, 9.17) is 0 Å². The number of nitrogens with zero attached hydrogens (tertiary/aromatic N) is 1. The van der Waals surface area contributed by atoms with Crippen molar-refractivity contribution in [3.8, 4) is 11.1 Å². The molecule has 0 spiro atoms. The SMILES string of the molecule is CCCCn1c(=O)sc2cc(-c3ccccc3)ccc21. The van der Waals surface area contributed by atoms with Crippen LogP contribution < -0.4 is 4.87 Å². The van der Waals surface area contributed by atoms with Crippen LogP contribution >= 0.6 is 11.3 Å². The molecule has 2 aromatic carbocycles. The summed E-state index contributed by atoms with van der Waals surface area (Å²) in [5, 5.41) is 0. The molecule has 0 N–H and O–H groups in total. The zero-order valence-corrected chi connectivity index (χ0v) is 12.3. The highest BCUT2D eigenvalue weighted by Crippen LogP contribution is 2.26. The van der Waals surface area contributed by atoms with E-state index in [1.165, 1.54) is 22.5 Å². The minimum Gasteiger partial charge on any atom is -0.299 e. The summed E-state index contributed by atoms with van der Waals surface area (Å²) in [6.45, 7) is 2.97. The largest absolute Gasteiger partial charge is 0.308 e. The second kappa shape index (κ2) is 5.63. The number of hydrogen-bond acceptors (Lipinski definition) is 2. The van der Waals surface area contributed by atoms with Gasteiger partial charge in [0.15, 0.2) is 0 Å². The summed E-state index contributed by atoms with van der Waals surface area (Å²) >= 11 is 1.35. The third-order valence-corrected chi connectivity index (χ3v) is 4.45. The van der Waals surface area contributed by atoms with E-state index in [2.05, 4.69) is 37.3 Å². The fourth-order valence-electron chi connectivity index (χ4n) is 2.40. The number of hydrogen-bond donors (Lipinski definition) is 0. The molecule has 0 unspecified atom stereocenters. The maximum absolute atomic E-state index is 12.1. The van der Waals surface area contributed by atoms with Gasteiger partial charge in [0, 0.05) is 6.54 Å². The van der Waals surface area contributed by atoms with E-state index in [0.29, 0.717) is 0 Å². The first-order chi connectivity index (χ1) is 9.79. The first-order valence-electron chi connectivity index (χ1n) is 6.98. The van der Waals surface area contributed by atoms with Crippen LogP contribution in [-0.4, -0.2) is 4.57 Å². The van der Waals surface area contributed by atoms with Crippen molar-refractivity contribution in [2.24, 2.45) is 0 Å². The van der Waals surface area contributed by atoms with Gasteiger partial charge in [0.1, 0.15) is 0 Å². The summed E-state index contributed by atoms with van der Waals surface area (Å²) in [7, 11) is 0. The maximum atomic E-state index is 12.1. The first kappa shape index (κ1) is 13.1. The van der Waals surface area contributed by atoms with Crippen LogP contribution in [0.5, 0.6) is 0 Å². The normalized spacial score (nSPS) is 11.1. The van der Waals surface area contributed by atoms with E-state index in [9.17, 15) is 4.79 Å². The van der Waals surface area contributed by atoms with Gasteiger partial charge >= 0.3 is 4.87 Å². The molecule has 3 rings (SSSR count). The van der Waals surface area contributed by atoms with E-state index in [-0.39, 0.29) is 4.87 Å². The third-order valence-electron chi connectivity index (χ3n) is 3.51. The second-order valence-corrected chi connectivity index (χ2v) is 5.91. The van der Waals surface area contributed by atoms with Crippen LogP contribution in [0.3, 0.4) is 0 Å². The van der Waals surface area contributed by atoms with Crippen LogP contribution in [0, 0.1) is 0 Å². The standard InChI is InChI=1S/C17H17NOS/c1-2-3-11-18-15-10-9-14(12-16(15)20-17(18)19)13-7-5-4-6-8-13/h4-10,12H,2-3,11H2,1H3. The van der Waals surface area contributed by atoms with Crippen LogP contribution in [0.15, 0.2) is 53.3 Å². The molecule has 0 bridgehead atoms. The fraction of sp³-hybridized carbons (Fsp3) is 0.235. The fourth-order valence-corrected chi connectivity index (χ4v) is 3.36. The molecule has 0 amide bonds. The zero-order chi connectivity index (χ0) is 13.9. The van der Waals surface area contributed by atoms with Gasteiger partial charge in [-0.2, -0.15) is 0 Å². The smallest absolute Gasteiger partial charge is 0.299 e. The lowest BCUT2D eigenvalue weighted by Gasteiger charge is -2.04. The molecule has 0 saturated heterocycles. The Kier molecular flexibility index (Phi) is 3.70. The molecule has 0 aliphatic rings. The average Bonchev–Trinajstić information content (AvgIpc) is 2.80. The Morgan fingerprint density at radius 2 is 1.85 bits per heavy atom. The van der Waals surface area contributed by atoms with Gasteiger partial charge in [-0.3, -0.25) is 9.36 Å². The molecule has 0 radical (unpaired) electrons. The van der Waals surface area contributed by atoms with Crippen molar-refractivity contribution in [1.82, 2.24) is 4.57 Å². The average molecular weight is 283 g/mol. The lowest BCUT2D eigenvalue weighted by atomic mass is 10.1. The summed E-state index contributed by atoms with van der Waals surface area (Å²) < 4.78 is 2.98. The molecule has 1 aromatic heterocycles. The van der Waals surface area contributed by atoms with E-state index < -0.39 is 0 Å². The molecule has 2 nitrogen and oxygen atoms in total. The van der Waals surface area contributed by atoms with Crippen molar-refractivity contribution < 1.29 is 0 Å². The predicted octanol–water partition coefficient (Wildman–Crippen LogP) is 4.53. The van der Waals surface area contributed by atoms with Crippen LogP contribution in [-0.2, 0) is 6.54 Å². The van der Waals surface area contributed by atoms with Gasteiger partial charge in [0.2, 0.25) is 0 Å². The van der Waals surface area contributed by atoms with Crippen LogP contribution in [0.2, 0.25) is 0 Å². The molecular weight excluding hydrogens is 266 g/mol. The van der Waals surface area contributed by atoms with Crippen molar-refractivity contribution in [1.29, 1.82) is 0 Å². The zero-order valence-electron chi connectivity index (χ0n) is 11.5. The van der Waals surface area contributed by atoms with Crippen molar-refractivity contribution in [2.45, 2.75) is 26.3 Å². The van der Waals surface area contributed by atoms with Gasteiger partial charge in [-0.1, -0.05) is 61.1 Å². The molecule has 0 atom stereocenters. The molecular formula is C17H17NOS. The number of rotatable bonds is 4. The van der Waals surface area contributed by atoms with Gasteiger partial charge < -0.3 is 0 Å². The van der Waals surface area contributed by atoms with Crippen LogP contribution in [0.1, 0.15) is 19.8 Å². The Balaban J connectivity index is 2.07. The molecule has 0 saturated carbocycles. The highest BCUT2D eigenvalue weighted by Gasteiger charge is 2.08. The lowest BCUT2D eigenvalue weighted by molar-refractivity contribution is 0.640.